The predicted molar refractivity (Wildman–Crippen MR) is 61.9 cm³/mol. The predicted octanol–water partition coefficient (Wildman–Crippen LogP) is 2.50. The molecule has 1 aliphatic rings. The van der Waals surface area contributed by atoms with E-state index in [2.05, 4.69) is 18.6 Å². The van der Waals surface area contributed by atoms with Gasteiger partial charge in [-0.1, -0.05) is 25.5 Å². The molecule has 3 nitrogen and oxygen atoms in total. The first-order valence-electron chi connectivity index (χ1n) is 5.66. The molecule has 0 spiro atoms. The van der Waals surface area contributed by atoms with Crippen LogP contribution in [-0.4, -0.2) is 18.9 Å². The van der Waals surface area contributed by atoms with Crippen molar-refractivity contribution in [3.05, 3.63) is 11.6 Å². The molecule has 0 aromatic rings. The first-order valence-corrected chi connectivity index (χ1v) is 5.66. The lowest BCUT2D eigenvalue weighted by Crippen LogP contribution is -2.16. The van der Waals surface area contributed by atoms with Crippen LogP contribution in [0.4, 0.5) is 0 Å². The Kier molecular flexibility index (Phi) is 3.89. The minimum Gasteiger partial charge on any atom is -0.469 e. The van der Waals surface area contributed by atoms with Crippen molar-refractivity contribution in [3.63, 3.8) is 0 Å². The summed E-state index contributed by atoms with van der Waals surface area (Å²) in [4.78, 5) is 22.6. The van der Waals surface area contributed by atoms with E-state index in [4.69, 9.17) is 0 Å². The maximum Gasteiger partial charge on any atom is 0.309 e. The van der Waals surface area contributed by atoms with Gasteiger partial charge in [-0.05, 0) is 25.2 Å². The van der Waals surface area contributed by atoms with Gasteiger partial charge in [0.25, 0.3) is 0 Å². The molecule has 16 heavy (non-hydrogen) atoms. The zero-order valence-electron chi connectivity index (χ0n) is 10.5. The van der Waals surface area contributed by atoms with Crippen LogP contribution < -0.4 is 0 Å². The molecule has 1 atom stereocenters. The molecule has 1 rings (SSSR count). The lowest BCUT2D eigenvalue weighted by atomic mass is 9.83. The molecule has 90 valence electrons. The van der Waals surface area contributed by atoms with Crippen LogP contribution in [0.5, 0.6) is 0 Å². The topological polar surface area (TPSA) is 43.4 Å². The molecule has 0 heterocycles. The number of ketones is 1. The van der Waals surface area contributed by atoms with Crippen LogP contribution in [0.3, 0.4) is 0 Å². The molecule has 0 bridgehead atoms. The highest BCUT2D eigenvalue weighted by Gasteiger charge is 2.38. The third kappa shape index (κ3) is 2.71. The Balaban J connectivity index is 2.86. The zero-order valence-corrected chi connectivity index (χ0v) is 10.5. The number of esters is 1. The highest BCUT2D eigenvalue weighted by Crippen LogP contribution is 2.46. The molecule has 0 aromatic carbocycles. The van der Waals surface area contributed by atoms with Gasteiger partial charge in [0, 0.05) is 5.92 Å². The number of methoxy groups -OCH3 is 1. The van der Waals surface area contributed by atoms with Crippen molar-refractivity contribution in [3.8, 4) is 0 Å². The maximum absolute atomic E-state index is 11.5. The van der Waals surface area contributed by atoms with Crippen molar-refractivity contribution in [2.75, 3.05) is 7.11 Å². The van der Waals surface area contributed by atoms with Gasteiger partial charge in [-0.15, -0.1) is 0 Å². The second-order valence-electron chi connectivity index (χ2n) is 5.03. The van der Waals surface area contributed by atoms with Gasteiger partial charge in [-0.3, -0.25) is 9.59 Å². The Hall–Kier alpha value is -1.12. The molecule has 0 aliphatic heterocycles. The van der Waals surface area contributed by atoms with Gasteiger partial charge < -0.3 is 4.74 Å². The lowest BCUT2D eigenvalue weighted by Gasteiger charge is -2.22. The Morgan fingerprint density at radius 3 is 2.62 bits per heavy atom. The molecule has 3 heteroatoms. The SMILES string of the molecule is COC(=O)C/C=C1\C(C(C)=O)CCC1(C)C. The summed E-state index contributed by atoms with van der Waals surface area (Å²) in [5.41, 5.74) is 1.13. The van der Waals surface area contributed by atoms with E-state index in [-0.39, 0.29) is 29.5 Å². The molecule has 1 aliphatic carbocycles. The average molecular weight is 224 g/mol. The molecule has 0 amide bonds. The summed E-state index contributed by atoms with van der Waals surface area (Å²) in [6.07, 6.45) is 4.05. The van der Waals surface area contributed by atoms with Gasteiger partial charge in [-0.2, -0.15) is 0 Å². The van der Waals surface area contributed by atoms with E-state index in [0.717, 1.165) is 18.4 Å². The Labute approximate surface area is 96.9 Å². The standard InChI is InChI=1S/C13H20O3/c1-9(14)10-7-8-13(2,3)11(10)5-6-12(15)16-4/h5,10H,6-8H2,1-4H3/b11-5+. The van der Waals surface area contributed by atoms with Gasteiger partial charge in [0.05, 0.1) is 13.5 Å². The molecule has 1 saturated carbocycles. The highest BCUT2D eigenvalue weighted by molar-refractivity contribution is 5.82. The minimum atomic E-state index is -0.252. The highest BCUT2D eigenvalue weighted by atomic mass is 16.5. The third-order valence-electron chi connectivity index (χ3n) is 3.42. The van der Waals surface area contributed by atoms with E-state index in [1.807, 2.05) is 6.08 Å². The number of allylic oxidation sites excluding steroid dienone is 1. The summed E-state index contributed by atoms with van der Waals surface area (Å²) in [6.45, 7) is 5.87. The van der Waals surface area contributed by atoms with Crippen LogP contribution in [0.25, 0.3) is 0 Å². The fraction of sp³-hybridized carbons (Fsp3) is 0.692. The van der Waals surface area contributed by atoms with Gasteiger partial charge in [-0.25, -0.2) is 0 Å². The summed E-state index contributed by atoms with van der Waals surface area (Å²) in [5, 5.41) is 0. The third-order valence-corrected chi connectivity index (χ3v) is 3.42. The van der Waals surface area contributed by atoms with Gasteiger partial charge in [0.15, 0.2) is 0 Å². The van der Waals surface area contributed by atoms with Gasteiger partial charge in [0.1, 0.15) is 5.78 Å². The number of carbonyl (C=O) groups excluding carboxylic acids is 2. The molecule has 0 saturated heterocycles. The van der Waals surface area contributed by atoms with Crippen molar-refractivity contribution >= 4 is 11.8 Å². The van der Waals surface area contributed by atoms with E-state index >= 15 is 0 Å². The van der Waals surface area contributed by atoms with E-state index in [9.17, 15) is 9.59 Å². The first kappa shape index (κ1) is 12.9. The van der Waals surface area contributed by atoms with Crippen molar-refractivity contribution in [2.45, 2.75) is 40.0 Å². The summed E-state index contributed by atoms with van der Waals surface area (Å²) in [5.74, 6) is -0.0566. The first-order chi connectivity index (χ1) is 7.38. The fourth-order valence-corrected chi connectivity index (χ4v) is 2.39. The normalized spacial score (nSPS) is 25.8. The van der Waals surface area contributed by atoms with Crippen LogP contribution >= 0.6 is 0 Å². The second-order valence-corrected chi connectivity index (χ2v) is 5.03. The molecule has 0 radical (unpaired) electrons. The number of carbonyl (C=O) groups is 2. The molecule has 1 fully saturated rings. The van der Waals surface area contributed by atoms with Crippen molar-refractivity contribution in [2.24, 2.45) is 11.3 Å². The second kappa shape index (κ2) is 4.81. The Bertz CT molecular complexity index is 326. The molecule has 0 aromatic heterocycles. The number of rotatable bonds is 3. The quantitative estimate of drug-likeness (QED) is 0.546. The van der Waals surface area contributed by atoms with E-state index in [1.165, 1.54) is 7.11 Å². The Morgan fingerprint density at radius 2 is 2.12 bits per heavy atom. The number of hydrogen-bond acceptors (Lipinski definition) is 3. The average Bonchev–Trinajstić information content (AvgIpc) is 2.50. The molecular formula is C13H20O3. The molecule has 1 unspecified atom stereocenters. The monoisotopic (exact) mass is 224 g/mol. The van der Waals surface area contributed by atoms with Crippen molar-refractivity contribution in [1.29, 1.82) is 0 Å². The van der Waals surface area contributed by atoms with E-state index in [1.54, 1.807) is 6.92 Å². The summed E-state index contributed by atoms with van der Waals surface area (Å²) in [7, 11) is 1.38. The van der Waals surface area contributed by atoms with E-state index in [0.29, 0.717) is 0 Å². The van der Waals surface area contributed by atoms with Crippen LogP contribution in [0.15, 0.2) is 11.6 Å². The number of Topliss-reactive ketones (excluding diaryl/α,β-unsaturated/α-hetero) is 1. The minimum absolute atomic E-state index is 0.000318. The lowest BCUT2D eigenvalue weighted by molar-refractivity contribution is -0.139. The Morgan fingerprint density at radius 1 is 1.50 bits per heavy atom. The maximum atomic E-state index is 11.5. The van der Waals surface area contributed by atoms with Gasteiger partial charge >= 0.3 is 5.97 Å². The largest absolute Gasteiger partial charge is 0.469 e. The molecule has 0 N–H and O–H groups in total. The van der Waals surface area contributed by atoms with Crippen LogP contribution in [0, 0.1) is 11.3 Å². The number of hydrogen-bond donors (Lipinski definition) is 0. The fourth-order valence-electron chi connectivity index (χ4n) is 2.39. The summed E-state index contributed by atoms with van der Waals surface area (Å²) < 4.78 is 4.61. The summed E-state index contributed by atoms with van der Waals surface area (Å²) in [6, 6.07) is 0. The van der Waals surface area contributed by atoms with Crippen LogP contribution in [-0.2, 0) is 14.3 Å². The molecular weight excluding hydrogens is 204 g/mol. The summed E-state index contributed by atoms with van der Waals surface area (Å²) >= 11 is 0. The number of ether oxygens (including phenoxy) is 1. The smallest absolute Gasteiger partial charge is 0.309 e. The van der Waals surface area contributed by atoms with Crippen molar-refractivity contribution in [1.82, 2.24) is 0 Å². The van der Waals surface area contributed by atoms with E-state index < -0.39 is 0 Å². The van der Waals surface area contributed by atoms with Crippen LogP contribution in [0.2, 0.25) is 0 Å². The zero-order chi connectivity index (χ0) is 12.3. The van der Waals surface area contributed by atoms with Crippen molar-refractivity contribution < 1.29 is 14.3 Å². The van der Waals surface area contributed by atoms with Gasteiger partial charge in [0.2, 0.25) is 0 Å². The van der Waals surface area contributed by atoms with Crippen LogP contribution in [0.1, 0.15) is 40.0 Å².